The van der Waals surface area contributed by atoms with Crippen LogP contribution in [0.2, 0.25) is 10.0 Å². The molecule has 0 atom stereocenters. The summed E-state index contributed by atoms with van der Waals surface area (Å²) in [5.74, 6) is 0.821. The number of hydrogen-bond acceptors (Lipinski definition) is 4. The highest BCUT2D eigenvalue weighted by molar-refractivity contribution is 6.42. The Labute approximate surface area is 215 Å². The molecule has 0 bridgehead atoms. The Bertz CT molecular complexity index is 1240. The monoisotopic (exact) mass is 507 g/mol. The van der Waals surface area contributed by atoms with E-state index < -0.39 is 0 Å². The smallest absolute Gasteiger partial charge is 0.251 e. The van der Waals surface area contributed by atoms with E-state index in [9.17, 15) is 4.79 Å². The molecule has 1 fully saturated rings. The Hall–Kier alpha value is -2.86. The average molecular weight is 508 g/mol. The van der Waals surface area contributed by atoms with Gasteiger partial charge in [0.2, 0.25) is 0 Å². The molecule has 5 rings (SSSR count). The summed E-state index contributed by atoms with van der Waals surface area (Å²) in [6, 6.07) is 19.6. The lowest BCUT2D eigenvalue weighted by atomic mass is 9.93. The first-order valence-corrected chi connectivity index (χ1v) is 12.7. The summed E-state index contributed by atoms with van der Waals surface area (Å²) in [6.45, 7) is 2.22. The van der Waals surface area contributed by atoms with Gasteiger partial charge in [-0.05, 0) is 72.8 Å². The summed E-state index contributed by atoms with van der Waals surface area (Å²) in [5.41, 5.74) is 4.64. The molecule has 180 valence electrons. The summed E-state index contributed by atoms with van der Waals surface area (Å²) < 4.78 is 6.00. The number of rotatable bonds is 8. The van der Waals surface area contributed by atoms with Crippen LogP contribution in [-0.2, 0) is 17.9 Å². The van der Waals surface area contributed by atoms with Gasteiger partial charge in [0.1, 0.15) is 12.4 Å². The third-order valence-corrected chi connectivity index (χ3v) is 7.25. The van der Waals surface area contributed by atoms with Gasteiger partial charge in [0, 0.05) is 30.9 Å². The molecule has 0 spiro atoms. The van der Waals surface area contributed by atoms with Gasteiger partial charge in [0.15, 0.2) is 0 Å². The van der Waals surface area contributed by atoms with Crippen molar-refractivity contribution in [2.75, 3.05) is 13.1 Å². The van der Waals surface area contributed by atoms with Gasteiger partial charge in [-0.25, -0.2) is 0 Å². The van der Waals surface area contributed by atoms with Gasteiger partial charge in [0.05, 0.1) is 15.7 Å². The van der Waals surface area contributed by atoms with E-state index >= 15 is 0 Å². The molecule has 3 aromatic rings. The molecule has 1 N–H and O–H groups in total. The van der Waals surface area contributed by atoms with Crippen LogP contribution in [0.1, 0.15) is 36.1 Å². The van der Waals surface area contributed by atoms with Gasteiger partial charge in [-0.2, -0.15) is 0 Å². The molecular weight excluding hydrogens is 481 g/mol. The highest BCUT2D eigenvalue weighted by Crippen LogP contribution is 2.35. The fourth-order valence-corrected chi connectivity index (χ4v) is 4.78. The average Bonchev–Trinajstić information content (AvgIpc) is 3.74. The molecule has 35 heavy (non-hydrogen) atoms. The predicted octanol–water partition coefficient (Wildman–Crippen LogP) is 5.91. The van der Waals surface area contributed by atoms with Crippen LogP contribution < -0.4 is 10.1 Å². The van der Waals surface area contributed by atoms with Crippen LogP contribution in [0.15, 0.2) is 72.4 Å². The van der Waals surface area contributed by atoms with Crippen molar-refractivity contribution in [3.05, 3.63) is 99.3 Å². The number of hydrogen-bond donors (Lipinski definition) is 1. The van der Waals surface area contributed by atoms with Crippen LogP contribution in [-0.4, -0.2) is 34.9 Å². The number of halogens is 2. The minimum Gasteiger partial charge on any atom is -0.487 e. The van der Waals surface area contributed by atoms with Crippen LogP contribution >= 0.6 is 23.2 Å². The number of nitrogens with one attached hydrogen (secondary N) is 1. The van der Waals surface area contributed by atoms with E-state index in [0.29, 0.717) is 29.7 Å². The molecule has 1 aliphatic heterocycles. The number of benzene rings is 2. The summed E-state index contributed by atoms with van der Waals surface area (Å²) in [5, 5.41) is 4.41. The lowest BCUT2D eigenvalue weighted by molar-refractivity contribution is -0.128. The largest absolute Gasteiger partial charge is 0.487 e. The first-order valence-electron chi connectivity index (χ1n) is 11.9. The zero-order chi connectivity index (χ0) is 24.2. The highest BCUT2D eigenvalue weighted by atomic mass is 35.5. The Morgan fingerprint density at radius 3 is 2.74 bits per heavy atom. The van der Waals surface area contributed by atoms with E-state index in [2.05, 4.69) is 16.4 Å². The highest BCUT2D eigenvalue weighted by Gasteiger charge is 2.35. The molecule has 2 aromatic carbocycles. The molecule has 0 unspecified atom stereocenters. The maximum absolute atomic E-state index is 13.9. The van der Waals surface area contributed by atoms with Crippen molar-refractivity contribution in [3.8, 4) is 5.75 Å². The third-order valence-electron chi connectivity index (χ3n) is 6.39. The fraction of sp³-hybridized carbons (Fsp3) is 0.286. The molecular formula is C28H27Cl2N3O2. The Kier molecular flexibility index (Phi) is 7.37. The summed E-state index contributed by atoms with van der Waals surface area (Å²) >= 11 is 12.7. The van der Waals surface area contributed by atoms with Gasteiger partial charge < -0.3 is 15.0 Å². The quantitative estimate of drug-likeness (QED) is 0.412. The topological polar surface area (TPSA) is 54.5 Å². The number of pyridine rings is 1. The molecule has 0 radical (unpaired) electrons. The number of carbonyl (C=O) groups excluding carboxylic acids is 1. The first kappa shape index (κ1) is 23.9. The minimum atomic E-state index is 0.0607. The maximum Gasteiger partial charge on any atom is 0.251 e. The van der Waals surface area contributed by atoms with E-state index in [1.807, 2.05) is 53.4 Å². The lowest BCUT2D eigenvalue weighted by Crippen LogP contribution is -2.39. The van der Waals surface area contributed by atoms with Crippen LogP contribution in [0.4, 0.5) is 0 Å². The van der Waals surface area contributed by atoms with Crippen molar-refractivity contribution in [2.24, 2.45) is 0 Å². The zero-order valence-electron chi connectivity index (χ0n) is 19.3. The zero-order valence-corrected chi connectivity index (χ0v) is 20.9. The van der Waals surface area contributed by atoms with Gasteiger partial charge in [-0.1, -0.05) is 53.5 Å². The normalized spacial score (nSPS) is 15.7. The molecule has 1 aliphatic carbocycles. The number of aromatic nitrogens is 1. The van der Waals surface area contributed by atoms with Gasteiger partial charge >= 0.3 is 0 Å². The van der Waals surface area contributed by atoms with Crippen molar-refractivity contribution < 1.29 is 9.53 Å². The van der Waals surface area contributed by atoms with Crippen LogP contribution in [0.5, 0.6) is 5.75 Å². The second-order valence-corrected chi connectivity index (χ2v) is 9.68. The van der Waals surface area contributed by atoms with E-state index in [1.54, 1.807) is 12.3 Å². The second kappa shape index (κ2) is 10.8. The summed E-state index contributed by atoms with van der Waals surface area (Å²) in [7, 11) is 0. The Morgan fingerprint density at radius 2 is 1.94 bits per heavy atom. The standard InChI is InChI=1S/C28H27Cl2N3O2/c29-26-9-4-6-20(27(26)30)17-33(22-10-11-22)28(34)25-16-31-14-12-24(25)19-5-3-8-23(15-19)35-18-21-7-1-2-13-32-21/h1-9,13,15,22,31H,10-12,14,16-18H2. The van der Waals surface area contributed by atoms with Crippen LogP contribution in [0.25, 0.3) is 5.57 Å². The fourth-order valence-electron chi connectivity index (χ4n) is 4.40. The van der Waals surface area contributed by atoms with Gasteiger partial charge in [-0.15, -0.1) is 0 Å². The predicted molar refractivity (Wildman–Crippen MR) is 139 cm³/mol. The molecule has 1 aromatic heterocycles. The number of carbonyl (C=O) groups is 1. The molecule has 1 amide bonds. The van der Waals surface area contributed by atoms with Crippen molar-refractivity contribution >= 4 is 34.7 Å². The van der Waals surface area contributed by atoms with Gasteiger partial charge in [-0.3, -0.25) is 9.78 Å². The van der Waals surface area contributed by atoms with Crippen LogP contribution in [0, 0.1) is 0 Å². The van der Waals surface area contributed by atoms with E-state index in [0.717, 1.165) is 59.5 Å². The molecule has 2 aliphatic rings. The number of amides is 1. The van der Waals surface area contributed by atoms with E-state index in [4.69, 9.17) is 27.9 Å². The van der Waals surface area contributed by atoms with Crippen molar-refractivity contribution in [2.45, 2.75) is 38.5 Å². The first-order chi connectivity index (χ1) is 17.1. The molecule has 1 saturated carbocycles. The third kappa shape index (κ3) is 5.69. The van der Waals surface area contributed by atoms with E-state index in [-0.39, 0.29) is 11.9 Å². The molecule has 5 nitrogen and oxygen atoms in total. The van der Waals surface area contributed by atoms with Crippen LogP contribution in [0.3, 0.4) is 0 Å². The van der Waals surface area contributed by atoms with Crippen molar-refractivity contribution in [3.63, 3.8) is 0 Å². The van der Waals surface area contributed by atoms with Gasteiger partial charge in [0.25, 0.3) is 5.91 Å². The Morgan fingerprint density at radius 1 is 1.09 bits per heavy atom. The van der Waals surface area contributed by atoms with E-state index in [1.165, 1.54) is 0 Å². The molecule has 0 saturated heterocycles. The van der Waals surface area contributed by atoms with Crippen molar-refractivity contribution in [1.29, 1.82) is 0 Å². The molecule has 7 heteroatoms. The SMILES string of the molecule is O=C(C1=C(c2cccc(OCc3ccccn3)c2)CCNC1)N(Cc1cccc(Cl)c1Cl)C1CC1. The van der Waals surface area contributed by atoms with Crippen molar-refractivity contribution in [1.82, 2.24) is 15.2 Å². The minimum absolute atomic E-state index is 0.0607. The summed E-state index contributed by atoms with van der Waals surface area (Å²) in [6.07, 6.45) is 4.56. The molecule has 2 heterocycles. The summed E-state index contributed by atoms with van der Waals surface area (Å²) in [4.78, 5) is 20.2. The number of nitrogens with zero attached hydrogens (tertiary/aromatic N) is 2. The maximum atomic E-state index is 13.9. The lowest BCUT2D eigenvalue weighted by Gasteiger charge is -2.28. The number of ether oxygens (including phenoxy) is 1. The Balaban J connectivity index is 1.40. The second-order valence-electron chi connectivity index (χ2n) is 8.90.